The van der Waals surface area contributed by atoms with Gasteiger partial charge in [0, 0.05) is 0 Å². The second-order valence-electron chi connectivity index (χ2n) is 3.80. The van der Waals surface area contributed by atoms with Gasteiger partial charge in [0.25, 0.3) is 10.1 Å². The zero-order valence-corrected chi connectivity index (χ0v) is 9.85. The lowest BCUT2D eigenvalue weighted by Crippen LogP contribution is -2.20. The van der Waals surface area contributed by atoms with Crippen LogP contribution in [0.5, 0.6) is 0 Å². The van der Waals surface area contributed by atoms with Crippen LogP contribution in [0.25, 0.3) is 0 Å². The lowest BCUT2D eigenvalue weighted by molar-refractivity contribution is -0.149. The van der Waals surface area contributed by atoms with Crippen LogP contribution in [0.3, 0.4) is 0 Å². The molecule has 0 saturated carbocycles. The van der Waals surface area contributed by atoms with Gasteiger partial charge in [0.15, 0.2) is 0 Å². The van der Waals surface area contributed by atoms with Crippen molar-refractivity contribution < 1.29 is 22.1 Å². The summed E-state index contributed by atoms with van der Waals surface area (Å²) in [7, 11) is -3.52. The minimum Gasteiger partial charge on any atom is -0.461 e. The first-order valence-corrected chi connectivity index (χ1v) is 6.72. The molecule has 0 radical (unpaired) electrons. The Morgan fingerprint density at radius 2 is 2.06 bits per heavy atom. The molecule has 1 atom stereocenters. The minimum absolute atomic E-state index is 0.115. The summed E-state index contributed by atoms with van der Waals surface area (Å²) in [6.45, 7) is 0.0339. The molecule has 0 amide bonds. The summed E-state index contributed by atoms with van der Waals surface area (Å²) < 4.78 is 31.5. The highest BCUT2D eigenvalue weighted by atomic mass is 32.2. The van der Waals surface area contributed by atoms with Gasteiger partial charge in [0.1, 0.15) is 6.61 Å². The molecule has 1 aliphatic heterocycles. The first kappa shape index (κ1) is 12.1. The Balaban J connectivity index is 1.87. The average molecular weight is 256 g/mol. The van der Waals surface area contributed by atoms with Crippen molar-refractivity contribution in [1.82, 2.24) is 0 Å². The van der Waals surface area contributed by atoms with Crippen molar-refractivity contribution >= 4 is 16.1 Å². The standard InChI is InChI=1S/C11H12O5S/c12-11(10-7-16-17(13,14)8-10)15-6-9-4-2-1-3-5-9/h1-5,10H,6-8H2. The molecule has 1 saturated heterocycles. The maximum Gasteiger partial charge on any atom is 0.312 e. The largest absolute Gasteiger partial charge is 0.461 e. The molecule has 0 N–H and O–H groups in total. The minimum atomic E-state index is -3.52. The van der Waals surface area contributed by atoms with Gasteiger partial charge in [0.2, 0.25) is 0 Å². The summed E-state index contributed by atoms with van der Waals surface area (Å²) >= 11 is 0. The Labute approximate surface area is 99.5 Å². The van der Waals surface area contributed by atoms with Crippen molar-refractivity contribution in [2.75, 3.05) is 12.4 Å². The van der Waals surface area contributed by atoms with E-state index in [9.17, 15) is 13.2 Å². The van der Waals surface area contributed by atoms with Gasteiger partial charge in [-0.05, 0) is 5.56 Å². The van der Waals surface area contributed by atoms with Crippen LogP contribution in [-0.4, -0.2) is 26.7 Å². The van der Waals surface area contributed by atoms with E-state index in [4.69, 9.17) is 4.74 Å². The van der Waals surface area contributed by atoms with Crippen LogP contribution >= 0.6 is 0 Å². The monoisotopic (exact) mass is 256 g/mol. The highest BCUT2D eigenvalue weighted by Gasteiger charge is 2.35. The van der Waals surface area contributed by atoms with Gasteiger partial charge in [-0.2, -0.15) is 8.42 Å². The highest BCUT2D eigenvalue weighted by molar-refractivity contribution is 7.87. The van der Waals surface area contributed by atoms with Gasteiger partial charge in [-0.15, -0.1) is 0 Å². The Hall–Kier alpha value is -1.40. The smallest absolute Gasteiger partial charge is 0.312 e. The molecular weight excluding hydrogens is 244 g/mol. The predicted octanol–water partition coefficient (Wildman–Crippen LogP) is 0.706. The fraction of sp³-hybridized carbons (Fsp3) is 0.364. The van der Waals surface area contributed by atoms with Crippen molar-refractivity contribution in [3.63, 3.8) is 0 Å². The van der Waals surface area contributed by atoms with Crippen LogP contribution < -0.4 is 0 Å². The number of ether oxygens (including phenoxy) is 1. The summed E-state index contributed by atoms with van der Waals surface area (Å²) in [5, 5.41) is 0. The van der Waals surface area contributed by atoms with Crippen molar-refractivity contribution in [3.05, 3.63) is 35.9 Å². The van der Waals surface area contributed by atoms with Crippen molar-refractivity contribution in [2.45, 2.75) is 6.61 Å². The summed E-state index contributed by atoms with van der Waals surface area (Å²) in [4.78, 5) is 11.5. The third-order valence-corrected chi connectivity index (χ3v) is 3.72. The van der Waals surface area contributed by atoms with E-state index in [-0.39, 0.29) is 19.0 Å². The lowest BCUT2D eigenvalue weighted by atomic mass is 10.2. The summed E-state index contributed by atoms with van der Waals surface area (Å²) in [5.74, 6) is -1.53. The number of hydrogen-bond donors (Lipinski definition) is 0. The fourth-order valence-corrected chi connectivity index (χ4v) is 2.70. The Bertz CT molecular complexity index is 494. The van der Waals surface area contributed by atoms with E-state index >= 15 is 0 Å². The second-order valence-corrected chi connectivity index (χ2v) is 5.48. The molecule has 1 unspecified atom stereocenters. The van der Waals surface area contributed by atoms with E-state index in [0.717, 1.165) is 5.56 Å². The summed E-state index contributed by atoms with van der Waals surface area (Å²) in [6.07, 6.45) is 0. The first-order chi connectivity index (χ1) is 8.07. The molecule has 0 bridgehead atoms. The SMILES string of the molecule is O=C(OCc1ccccc1)C1COS(=O)(=O)C1. The van der Waals surface area contributed by atoms with Gasteiger partial charge in [-0.1, -0.05) is 30.3 Å². The van der Waals surface area contributed by atoms with Gasteiger partial charge in [0.05, 0.1) is 18.3 Å². The third kappa shape index (κ3) is 3.28. The zero-order valence-electron chi connectivity index (χ0n) is 9.03. The van der Waals surface area contributed by atoms with Crippen LogP contribution in [0.2, 0.25) is 0 Å². The number of carbonyl (C=O) groups excluding carboxylic acids is 1. The number of esters is 1. The summed E-state index contributed by atoms with van der Waals surface area (Å²) in [5.41, 5.74) is 0.864. The van der Waals surface area contributed by atoms with Crippen molar-refractivity contribution in [2.24, 2.45) is 5.92 Å². The van der Waals surface area contributed by atoms with Gasteiger partial charge in [-0.3, -0.25) is 8.98 Å². The van der Waals surface area contributed by atoms with E-state index in [1.54, 1.807) is 0 Å². The van der Waals surface area contributed by atoms with Crippen molar-refractivity contribution in [1.29, 1.82) is 0 Å². The zero-order chi connectivity index (χ0) is 12.3. The fourth-order valence-electron chi connectivity index (χ4n) is 1.51. The molecule has 2 rings (SSSR count). The van der Waals surface area contributed by atoms with E-state index in [1.165, 1.54) is 0 Å². The Morgan fingerprint density at radius 1 is 1.35 bits per heavy atom. The molecule has 1 aromatic carbocycles. The molecular formula is C11H12O5S. The second kappa shape index (κ2) is 4.85. The highest BCUT2D eigenvalue weighted by Crippen LogP contribution is 2.16. The number of carbonyl (C=O) groups is 1. The van der Waals surface area contributed by atoms with E-state index in [0.29, 0.717) is 0 Å². The molecule has 17 heavy (non-hydrogen) atoms. The van der Waals surface area contributed by atoms with Crippen LogP contribution in [0.15, 0.2) is 30.3 Å². The van der Waals surface area contributed by atoms with Crippen LogP contribution in [0.4, 0.5) is 0 Å². The molecule has 0 aromatic heterocycles. The molecule has 1 aliphatic rings. The Morgan fingerprint density at radius 3 is 2.65 bits per heavy atom. The molecule has 0 spiro atoms. The topological polar surface area (TPSA) is 69.7 Å². The summed E-state index contributed by atoms with van der Waals surface area (Å²) in [6, 6.07) is 9.20. The van der Waals surface area contributed by atoms with Gasteiger partial charge in [-0.25, -0.2) is 0 Å². The first-order valence-electron chi connectivity index (χ1n) is 5.14. The normalized spacial score (nSPS) is 22.2. The molecule has 5 nitrogen and oxygen atoms in total. The molecule has 1 heterocycles. The molecule has 92 valence electrons. The van der Waals surface area contributed by atoms with E-state index in [1.807, 2.05) is 30.3 Å². The maximum absolute atomic E-state index is 11.5. The molecule has 6 heteroatoms. The van der Waals surface area contributed by atoms with Gasteiger partial charge < -0.3 is 4.74 Å². The van der Waals surface area contributed by atoms with Gasteiger partial charge >= 0.3 is 5.97 Å². The number of rotatable bonds is 3. The number of hydrogen-bond acceptors (Lipinski definition) is 5. The third-order valence-electron chi connectivity index (χ3n) is 2.41. The van der Waals surface area contributed by atoms with Crippen LogP contribution in [-0.2, 0) is 30.4 Å². The molecule has 1 aromatic rings. The molecule has 1 fully saturated rings. The van der Waals surface area contributed by atoms with Crippen LogP contribution in [0, 0.1) is 5.92 Å². The van der Waals surface area contributed by atoms with E-state index in [2.05, 4.69) is 4.18 Å². The molecule has 0 aliphatic carbocycles. The van der Waals surface area contributed by atoms with Crippen LogP contribution in [0.1, 0.15) is 5.56 Å². The number of benzene rings is 1. The Kier molecular flexibility index (Phi) is 3.44. The lowest BCUT2D eigenvalue weighted by Gasteiger charge is -2.07. The quantitative estimate of drug-likeness (QED) is 0.588. The average Bonchev–Trinajstić information content (AvgIpc) is 2.68. The van der Waals surface area contributed by atoms with E-state index < -0.39 is 22.0 Å². The predicted molar refractivity (Wildman–Crippen MR) is 59.5 cm³/mol. The maximum atomic E-state index is 11.5. The van der Waals surface area contributed by atoms with Crippen molar-refractivity contribution in [3.8, 4) is 0 Å².